The molecule has 0 aromatic carbocycles. The number of ether oxygens (including phenoxy) is 1. The van der Waals surface area contributed by atoms with Crippen LogP contribution in [-0.4, -0.2) is 12.7 Å². The van der Waals surface area contributed by atoms with Gasteiger partial charge in [-0.3, -0.25) is 4.79 Å². The van der Waals surface area contributed by atoms with Crippen LogP contribution >= 0.6 is 0 Å². The SMILES string of the molecule is CCCC(=O)OC[NH]. The van der Waals surface area contributed by atoms with E-state index in [1.54, 1.807) is 0 Å². The van der Waals surface area contributed by atoms with Crippen molar-refractivity contribution >= 4 is 5.97 Å². The Morgan fingerprint density at radius 1 is 1.75 bits per heavy atom. The van der Waals surface area contributed by atoms with Gasteiger partial charge in [0, 0.05) is 6.42 Å². The highest BCUT2D eigenvalue weighted by atomic mass is 16.5. The Morgan fingerprint density at radius 3 is 2.75 bits per heavy atom. The topological polar surface area (TPSA) is 50.1 Å². The fourth-order valence-corrected chi connectivity index (χ4v) is 0.357. The number of rotatable bonds is 3. The summed E-state index contributed by atoms with van der Waals surface area (Å²) in [6, 6.07) is 0. The molecule has 47 valence electrons. The summed E-state index contributed by atoms with van der Waals surface area (Å²) in [5.74, 6) is -0.275. The Balaban J connectivity index is 3.06. The summed E-state index contributed by atoms with van der Waals surface area (Å²) in [4.78, 5) is 10.3. The highest BCUT2D eigenvalue weighted by Gasteiger charge is 1.95. The molecule has 0 spiro atoms. The van der Waals surface area contributed by atoms with Gasteiger partial charge in [0.25, 0.3) is 0 Å². The lowest BCUT2D eigenvalue weighted by Gasteiger charge is -1.95. The molecular weight excluding hydrogens is 106 g/mol. The van der Waals surface area contributed by atoms with E-state index in [0.717, 1.165) is 6.42 Å². The smallest absolute Gasteiger partial charge is 0.307 e. The van der Waals surface area contributed by atoms with Gasteiger partial charge >= 0.3 is 5.97 Å². The molecule has 0 aromatic heterocycles. The van der Waals surface area contributed by atoms with Gasteiger partial charge in [0.1, 0.15) is 0 Å². The molecule has 0 amide bonds. The summed E-state index contributed by atoms with van der Waals surface area (Å²) in [5, 5.41) is 0. The molecule has 0 unspecified atom stereocenters. The summed E-state index contributed by atoms with van der Waals surface area (Å²) in [5.41, 5.74) is 6.47. The first-order valence-electron chi connectivity index (χ1n) is 2.61. The third-order valence-corrected chi connectivity index (χ3v) is 0.687. The van der Waals surface area contributed by atoms with Crippen molar-refractivity contribution in [2.45, 2.75) is 19.8 Å². The molecule has 0 fully saturated rings. The number of carbonyl (C=O) groups excluding carboxylic acids is 1. The molecule has 0 rings (SSSR count). The Kier molecular flexibility index (Phi) is 4.26. The molecule has 0 atom stereocenters. The maximum absolute atomic E-state index is 10.3. The zero-order valence-corrected chi connectivity index (χ0v) is 4.94. The van der Waals surface area contributed by atoms with Gasteiger partial charge in [-0.05, 0) is 6.42 Å². The third kappa shape index (κ3) is 3.61. The molecule has 1 radical (unpaired) electrons. The van der Waals surface area contributed by atoms with E-state index in [-0.39, 0.29) is 12.7 Å². The predicted molar refractivity (Wildman–Crippen MR) is 29.0 cm³/mol. The van der Waals surface area contributed by atoms with Crippen LogP contribution in [0.15, 0.2) is 0 Å². The largest absolute Gasteiger partial charge is 0.448 e. The first-order chi connectivity index (χ1) is 3.81. The van der Waals surface area contributed by atoms with Gasteiger partial charge in [0.15, 0.2) is 6.73 Å². The predicted octanol–water partition coefficient (Wildman–Crippen LogP) is 0.570. The lowest BCUT2D eigenvalue weighted by atomic mass is 10.3. The Morgan fingerprint density at radius 2 is 2.38 bits per heavy atom. The van der Waals surface area contributed by atoms with Crippen molar-refractivity contribution < 1.29 is 9.53 Å². The lowest BCUT2D eigenvalue weighted by Crippen LogP contribution is -2.04. The maximum atomic E-state index is 10.3. The van der Waals surface area contributed by atoms with E-state index in [1.165, 1.54) is 0 Å². The van der Waals surface area contributed by atoms with Gasteiger partial charge in [0.2, 0.25) is 0 Å². The number of carbonyl (C=O) groups is 1. The van der Waals surface area contributed by atoms with Crippen LogP contribution in [0.25, 0.3) is 0 Å². The average Bonchev–Trinajstić information content (AvgIpc) is 1.68. The van der Waals surface area contributed by atoms with Crippen molar-refractivity contribution in [2.24, 2.45) is 0 Å². The van der Waals surface area contributed by atoms with Gasteiger partial charge in [-0.2, -0.15) is 0 Å². The van der Waals surface area contributed by atoms with Crippen LogP contribution in [0.3, 0.4) is 0 Å². The Labute approximate surface area is 48.8 Å². The fourth-order valence-electron chi connectivity index (χ4n) is 0.357. The van der Waals surface area contributed by atoms with Gasteiger partial charge in [-0.25, -0.2) is 5.73 Å². The van der Waals surface area contributed by atoms with Crippen molar-refractivity contribution in [3.63, 3.8) is 0 Å². The molecule has 0 aromatic rings. The highest BCUT2D eigenvalue weighted by molar-refractivity contribution is 5.69. The molecule has 8 heavy (non-hydrogen) atoms. The number of hydrogen-bond donors (Lipinski definition) is 0. The third-order valence-electron chi connectivity index (χ3n) is 0.687. The minimum atomic E-state index is -0.275. The lowest BCUT2D eigenvalue weighted by molar-refractivity contribution is -0.143. The van der Waals surface area contributed by atoms with E-state index in [1.807, 2.05) is 6.92 Å². The van der Waals surface area contributed by atoms with E-state index >= 15 is 0 Å². The summed E-state index contributed by atoms with van der Waals surface area (Å²) in [6.07, 6.45) is 1.22. The Hall–Kier alpha value is -0.570. The summed E-state index contributed by atoms with van der Waals surface area (Å²) < 4.78 is 4.31. The molecular formula is C5H10NO2. The van der Waals surface area contributed by atoms with Crippen molar-refractivity contribution in [3.8, 4) is 0 Å². The highest BCUT2D eigenvalue weighted by Crippen LogP contribution is 1.88. The second-order valence-electron chi connectivity index (χ2n) is 1.41. The summed E-state index contributed by atoms with van der Waals surface area (Å²) >= 11 is 0. The molecule has 0 saturated heterocycles. The van der Waals surface area contributed by atoms with Crippen LogP contribution < -0.4 is 5.73 Å². The van der Waals surface area contributed by atoms with Gasteiger partial charge in [-0.1, -0.05) is 6.92 Å². The van der Waals surface area contributed by atoms with E-state index in [4.69, 9.17) is 5.73 Å². The van der Waals surface area contributed by atoms with Crippen molar-refractivity contribution in [3.05, 3.63) is 0 Å². The minimum absolute atomic E-state index is 0.251. The van der Waals surface area contributed by atoms with Crippen LogP contribution in [0.4, 0.5) is 0 Å². The monoisotopic (exact) mass is 116 g/mol. The zero-order valence-electron chi connectivity index (χ0n) is 4.94. The van der Waals surface area contributed by atoms with E-state index in [9.17, 15) is 4.79 Å². The first-order valence-corrected chi connectivity index (χ1v) is 2.61. The molecule has 0 saturated carbocycles. The molecule has 1 N–H and O–H groups in total. The van der Waals surface area contributed by atoms with Crippen molar-refractivity contribution in [2.75, 3.05) is 6.73 Å². The molecule has 0 aliphatic carbocycles. The maximum Gasteiger partial charge on any atom is 0.307 e. The van der Waals surface area contributed by atoms with Crippen molar-refractivity contribution in [1.82, 2.24) is 5.73 Å². The van der Waals surface area contributed by atoms with E-state index < -0.39 is 0 Å². The second-order valence-corrected chi connectivity index (χ2v) is 1.41. The minimum Gasteiger partial charge on any atom is -0.448 e. The molecule has 0 heterocycles. The Bertz CT molecular complexity index is 64.8. The first kappa shape index (κ1) is 7.43. The summed E-state index contributed by atoms with van der Waals surface area (Å²) in [6.45, 7) is 1.64. The molecule has 0 aliphatic rings. The van der Waals surface area contributed by atoms with Crippen molar-refractivity contribution in [1.29, 1.82) is 0 Å². The van der Waals surface area contributed by atoms with Crippen LogP contribution in [0.2, 0.25) is 0 Å². The quantitative estimate of drug-likeness (QED) is 0.506. The zero-order chi connectivity index (χ0) is 6.41. The van der Waals surface area contributed by atoms with Gasteiger partial charge in [-0.15, -0.1) is 0 Å². The second kappa shape index (κ2) is 4.59. The normalized spacial score (nSPS) is 8.75. The standard InChI is InChI=1S/C5H10NO2/c1-2-3-5(7)8-4-6/h6H,2-4H2,1H3. The molecule has 0 bridgehead atoms. The van der Waals surface area contributed by atoms with E-state index in [2.05, 4.69) is 4.74 Å². The number of esters is 1. The molecule has 3 heteroatoms. The summed E-state index contributed by atoms with van der Waals surface area (Å²) in [7, 11) is 0. The van der Waals surface area contributed by atoms with Gasteiger partial charge < -0.3 is 4.74 Å². The van der Waals surface area contributed by atoms with Crippen LogP contribution in [0.5, 0.6) is 0 Å². The number of nitrogens with one attached hydrogen (secondary N) is 1. The van der Waals surface area contributed by atoms with E-state index in [0.29, 0.717) is 6.42 Å². The van der Waals surface area contributed by atoms with Crippen LogP contribution in [0.1, 0.15) is 19.8 Å². The average molecular weight is 116 g/mol. The fraction of sp³-hybridized carbons (Fsp3) is 0.800. The van der Waals surface area contributed by atoms with Crippen LogP contribution in [0, 0.1) is 0 Å². The molecule has 0 aliphatic heterocycles. The van der Waals surface area contributed by atoms with Crippen LogP contribution in [-0.2, 0) is 9.53 Å². The molecule has 3 nitrogen and oxygen atoms in total. The number of hydrogen-bond acceptors (Lipinski definition) is 2. The van der Waals surface area contributed by atoms with Gasteiger partial charge in [0.05, 0.1) is 0 Å².